The lowest BCUT2D eigenvalue weighted by molar-refractivity contribution is -0.164. The molecule has 1 fully saturated rings. The van der Waals surface area contributed by atoms with Gasteiger partial charge in [-0.1, -0.05) is 19.9 Å². The van der Waals surface area contributed by atoms with E-state index in [1.54, 1.807) is 41.5 Å². The molecule has 18 heteroatoms. The van der Waals surface area contributed by atoms with Gasteiger partial charge >= 0.3 is 30.0 Å². The number of urea groups is 3. The lowest BCUT2D eigenvalue weighted by Gasteiger charge is -2.48. The van der Waals surface area contributed by atoms with E-state index in [9.17, 15) is 48.6 Å². The molecule has 0 spiro atoms. The molecule has 1 aliphatic rings. The largest absolute Gasteiger partial charge is 0.457 e. The van der Waals surface area contributed by atoms with Crippen LogP contribution in [0, 0.1) is 5.41 Å². The summed E-state index contributed by atoms with van der Waals surface area (Å²) < 4.78 is 15.4. The minimum atomic E-state index is -1.68. The van der Waals surface area contributed by atoms with Crippen molar-refractivity contribution in [2.45, 2.75) is 117 Å². The zero-order valence-corrected chi connectivity index (χ0v) is 33.0. The Morgan fingerprint density at radius 2 is 1.57 bits per heavy atom. The van der Waals surface area contributed by atoms with E-state index in [1.165, 1.54) is 34.0 Å². The minimum absolute atomic E-state index is 0.0537. The molecule has 0 bridgehead atoms. The number of imide groups is 4. The molecule has 18 nitrogen and oxygen atoms in total. The summed E-state index contributed by atoms with van der Waals surface area (Å²) in [6, 6.07) is -3.27. The van der Waals surface area contributed by atoms with E-state index in [-0.39, 0.29) is 38.0 Å². The van der Waals surface area contributed by atoms with Gasteiger partial charge < -0.3 is 29.7 Å². The first-order valence-electron chi connectivity index (χ1n) is 17.6. The lowest BCUT2D eigenvalue weighted by atomic mass is 9.76. The number of aliphatic hydroxyl groups excluding tert-OH is 2. The molecule has 54 heavy (non-hydrogen) atoms. The normalized spacial score (nSPS) is 16.6. The van der Waals surface area contributed by atoms with Gasteiger partial charge in [0, 0.05) is 37.3 Å². The average Bonchev–Trinajstić information content (AvgIpc) is 3.03. The van der Waals surface area contributed by atoms with Gasteiger partial charge in [0.15, 0.2) is 0 Å². The Morgan fingerprint density at radius 3 is 2.09 bits per heavy atom. The number of amides is 9. The zero-order chi connectivity index (χ0) is 41.8. The quantitative estimate of drug-likeness (QED) is 0.0678. The van der Waals surface area contributed by atoms with Gasteiger partial charge in [-0.05, 0) is 61.3 Å². The molecule has 1 heterocycles. The van der Waals surface area contributed by atoms with Crippen molar-refractivity contribution < 1.29 is 62.8 Å². The molecule has 1 rings (SSSR count). The SMILES string of the molecule is C=CCNC(=O)N(CC(O)CC(C)(C)OC(=O)/C=C(/C)C(=O)OC(C)COC)C(=O)NC(=O)CC(O)CN1C(=O)N(C(C)(C)C)C(=O)C(CC)(CC)C1=O. The van der Waals surface area contributed by atoms with Crippen LogP contribution in [0.1, 0.15) is 88.0 Å². The highest BCUT2D eigenvalue weighted by Crippen LogP contribution is 2.39. The summed E-state index contributed by atoms with van der Waals surface area (Å²) in [5, 5.41) is 26.0. The highest BCUT2D eigenvalue weighted by atomic mass is 16.6. The van der Waals surface area contributed by atoms with Crippen molar-refractivity contribution in [1.29, 1.82) is 0 Å². The Kier molecular flexibility index (Phi) is 17.6. The fraction of sp³-hybridized carbons (Fsp3) is 0.667. The molecule has 0 aliphatic carbocycles. The van der Waals surface area contributed by atoms with E-state index < -0.39 is 102 Å². The molecule has 4 N–H and O–H groups in total. The number of β-amino-alcohol motifs (C(OH)–C–C–N with tert-alkyl or cyclic N) is 1. The Balaban J connectivity index is 3.05. The van der Waals surface area contributed by atoms with Crippen molar-refractivity contribution in [3.05, 3.63) is 24.3 Å². The summed E-state index contributed by atoms with van der Waals surface area (Å²) in [4.78, 5) is 106. The van der Waals surface area contributed by atoms with Crippen LogP contribution in [0.25, 0.3) is 0 Å². The smallest absolute Gasteiger partial charge is 0.334 e. The molecule has 9 amide bonds. The summed E-state index contributed by atoms with van der Waals surface area (Å²) in [6.45, 7) is 16.2. The van der Waals surface area contributed by atoms with Gasteiger partial charge in [0.25, 0.3) is 0 Å². The number of aliphatic hydroxyl groups is 2. The Hall–Kier alpha value is -4.68. The highest BCUT2D eigenvalue weighted by Gasteiger charge is 2.57. The minimum Gasteiger partial charge on any atom is -0.457 e. The van der Waals surface area contributed by atoms with Crippen LogP contribution >= 0.6 is 0 Å². The molecule has 0 aromatic heterocycles. The van der Waals surface area contributed by atoms with Gasteiger partial charge in [-0.2, -0.15) is 0 Å². The van der Waals surface area contributed by atoms with E-state index in [4.69, 9.17) is 14.2 Å². The van der Waals surface area contributed by atoms with Crippen LogP contribution < -0.4 is 10.6 Å². The summed E-state index contributed by atoms with van der Waals surface area (Å²) in [6.07, 6.45) is -2.44. The summed E-state index contributed by atoms with van der Waals surface area (Å²) in [7, 11) is 1.44. The second-order valence-corrected chi connectivity index (χ2v) is 14.6. The zero-order valence-electron chi connectivity index (χ0n) is 33.0. The molecule has 1 saturated heterocycles. The Bertz CT molecular complexity index is 1460. The second-order valence-electron chi connectivity index (χ2n) is 14.6. The maximum absolute atomic E-state index is 13.5. The van der Waals surface area contributed by atoms with Crippen LogP contribution in [-0.2, 0) is 38.2 Å². The predicted molar refractivity (Wildman–Crippen MR) is 193 cm³/mol. The highest BCUT2D eigenvalue weighted by molar-refractivity contribution is 6.19. The predicted octanol–water partition coefficient (Wildman–Crippen LogP) is 2.16. The third-order valence-corrected chi connectivity index (χ3v) is 8.38. The number of carbonyl (C=O) groups is 8. The molecule has 0 radical (unpaired) electrons. The average molecular weight is 768 g/mol. The number of ether oxygens (including phenoxy) is 3. The fourth-order valence-electron chi connectivity index (χ4n) is 5.67. The van der Waals surface area contributed by atoms with Crippen LogP contribution in [0.4, 0.5) is 14.4 Å². The number of rotatable bonds is 18. The summed E-state index contributed by atoms with van der Waals surface area (Å²) in [5.74, 6) is -4.25. The van der Waals surface area contributed by atoms with Crippen molar-refractivity contribution >= 4 is 47.8 Å². The van der Waals surface area contributed by atoms with Crippen LogP contribution in [0.2, 0.25) is 0 Å². The van der Waals surface area contributed by atoms with E-state index in [2.05, 4.69) is 11.9 Å². The number of carbonyl (C=O) groups excluding carboxylic acids is 8. The van der Waals surface area contributed by atoms with Crippen molar-refractivity contribution in [2.75, 3.05) is 33.4 Å². The first-order valence-corrected chi connectivity index (χ1v) is 17.6. The number of hydrogen-bond donors (Lipinski definition) is 4. The van der Waals surface area contributed by atoms with Gasteiger partial charge in [-0.15, -0.1) is 6.58 Å². The molecule has 3 atom stereocenters. The van der Waals surface area contributed by atoms with E-state index >= 15 is 0 Å². The summed E-state index contributed by atoms with van der Waals surface area (Å²) >= 11 is 0. The molecule has 0 aromatic carbocycles. The molecule has 0 aromatic rings. The van der Waals surface area contributed by atoms with E-state index in [1.807, 2.05) is 5.32 Å². The number of hydrogen-bond acceptors (Lipinski definition) is 13. The number of nitrogens with one attached hydrogen (secondary N) is 2. The van der Waals surface area contributed by atoms with Gasteiger partial charge in [0.2, 0.25) is 17.7 Å². The maximum Gasteiger partial charge on any atom is 0.334 e. The second kappa shape index (κ2) is 20.1. The third kappa shape index (κ3) is 13.0. The first-order chi connectivity index (χ1) is 24.9. The van der Waals surface area contributed by atoms with Crippen LogP contribution in [0.5, 0.6) is 0 Å². The van der Waals surface area contributed by atoms with Crippen molar-refractivity contribution in [2.24, 2.45) is 5.41 Å². The van der Waals surface area contributed by atoms with Crippen LogP contribution in [0.3, 0.4) is 0 Å². The van der Waals surface area contributed by atoms with E-state index in [0.29, 0.717) is 4.90 Å². The molecule has 304 valence electrons. The fourth-order valence-corrected chi connectivity index (χ4v) is 5.67. The number of barbiturate groups is 1. The number of nitrogens with zero attached hydrogens (tertiary/aromatic N) is 3. The molecular weight excluding hydrogens is 710 g/mol. The third-order valence-electron chi connectivity index (χ3n) is 8.38. The molecule has 1 aliphatic heterocycles. The van der Waals surface area contributed by atoms with Gasteiger partial charge in [-0.3, -0.25) is 29.5 Å². The van der Waals surface area contributed by atoms with Crippen LogP contribution in [-0.4, -0.2) is 135 Å². The summed E-state index contributed by atoms with van der Waals surface area (Å²) in [5.41, 5.74) is -4.01. The molecule has 3 unspecified atom stereocenters. The van der Waals surface area contributed by atoms with Crippen molar-refractivity contribution in [1.82, 2.24) is 25.3 Å². The first kappa shape index (κ1) is 47.3. The Morgan fingerprint density at radius 1 is 0.981 bits per heavy atom. The number of methoxy groups -OCH3 is 1. The molecule has 0 saturated carbocycles. The van der Waals surface area contributed by atoms with Gasteiger partial charge in [-0.25, -0.2) is 28.9 Å². The molecular formula is C36H57N5O13. The maximum atomic E-state index is 13.5. The monoisotopic (exact) mass is 767 g/mol. The van der Waals surface area contributed by atoms with Gasteiger partial charge in [0.1, 0.15) is 17.1 Å². The van der Waals surface area contributed by atoms with Crippen molar-refractivity contribution in [3.8, 4) is 0 Å². The standard InChI is InChI=1S/C36H57N5O13/c1-12-15-37-31(49)40(20-25(43)18-35(9,10)54-27(45)16-22(4)28(46)53-23(5)21-52-11)32(50)38-26(44)17-24(42)19-39-29(47)36(13-2,14-3)30(48)41(33(39)51)34(6,7)8/h12,16,23-25,42-43H,1,13-15,17-21H2,2-11H3,(H,37,49)(H,38,44,50)/b22-16-. The van der Waals surface area contributed by atoms with Gasteiger partial charge in [0.05, 0.1) is 38.3 Å². The van der Waals surface area contributed by atoms with Crippen LogP contribution in [0.15, 0.2) is 24.3 Å². The Labute approximate surface area is 316 Å². The lowest BCUT2D eigenvalue weighted by Crippen LogP contribution is -2.69. The number of esters is 2. The topological polar surface area (TPSA) is 238 Å². The van der Waals surface area contributed by atoms with E-state index in [0.717, 1.165) is 15.9 Å². The van der Waals surface area contributed by atoms with Crippen molar-refractivity contribution in [3.63, 3.8) is 0 Å².